The first-order valence-corrected chi connectivity index (χ1v) is 6.75. The van der Waals surface area contributed by atoms with Gasteiger partial charge in [0.05, 0.1) is 26.9 Å². The molecule has 0 saturated carbocycles. The van der Waals surface area contributed by atoms with Gasteiger partial charge in [-0.25, -0.2) is 4.79 Å². The van der Waals surface area contributed by atoms with E-state index < -0.39 is 11.9 Å². The molecule has 2 aromatic rings. The molecular weight excluding hydrogens is 313 g/mol. The lowest BCUT2D eigenvalue weighted by atomic mass is 10.1. The van der Waals surface area contributed by atoms with E-state index in [1.54, 1.807) is 31.2 Å². The topological polar surface area (TPSA) is 66.4 Å². The summed E-state index contributed by atoms with van der Waals surface area (Å²) < 4.78 is 0. The third kappa shape index (κ3) is 3.17. The highest BCUT2D eigenvalue weighted by molar-refractivity contribution is 6.44. The maximum absolute atomic E-state index is 12.2. The number of carboxylic acids is 1. The fraction of sp³-hybridized carbons (Fsp3) is 0.0667. The van der Waals surface area contributed by atoms with Gasteiger partial charge >= 0.3 is 5.97 Å². The number of hydrogen-bond donors (Lipinski definition) is 2. The minimum Gasteiger partial charge on any atom is -0.478 e. The second-order valence-corrected chi connectivity index (χ2v) is 5.14. The molecule has 2 rings (SSSR count). The number of nitrogens with one attached hydrogen (secondary N) is 1. The van der Waals surface area contributed by atoms with Crippen molar-refractivity contribution in [2.24, 2.45) is 0 Å². The van der Waals surface area contributed by atoms with Gasteiger partial charge in [-0.05, 0) is 30.7 Å². The molecule has 1 amide bonds. The van der Waals surface area contributed by atoms with Gasteiger partial charge in [0.2, 0.25) is 0 Å². The van der Waals surface area contributed by atoms with Crippen LogP contribution in [0.25, 0.3) is 0 Å². The Balaban J connectivity index is 2.39. The highest BCUT2D eigenvalue weighted by Gasteiger charge is 2.17. The fourth-order valence-corrected chi connectivity index (χ4v) is 2.31. The molecule has 108 valence electrons. The van der Waals surface area contributed by atoms with Crippen molar-refractivity contribution in [3.8, 4) is 0 Å². The van der Waals surface area contributed by atoms with Crippen LogP contribution in [0.2, 0.25) is 10.0 Å². The van der Waals surface area contributed by atoms with Crippen LogP contribution in [0, 0.1) is 6.92 Å². The number of benzene rings is 2. The highest BCUT2D eigenvalue weighted by atomic mass is 35.5. The Kier molecular flexibility index (Phi) is 4.50. The molecule has 0 saturated heterocycles. The van der Waals surface area contributed by atoms with Crippen molar-refractivity contribution in [2.45, 2.75) is 6.92 Å². The highest BCUT2D eigenvalue weighted by Crippen LogP contribution is 2.27. The summed E-state index contributed by atoms with van der Waals surface area (Å²) >= 11 is 11.8. The lowest BCUT2D eigenvalue weighted by Crippen LogP contribution is -2.16. The Morgan fingerprint density at radius 3 is 2.43 bits per heavy atom. The average Bonchev–Trinajstić information content (AvgIpc) is 2.41. The molecule has 0 spiro atoms. The maximum atomic E-state index is 12.2. The first kappa shape index (κ1) is 15.4. The van der Waals surface area contributed by atoms with Gasteiger partial charge < -0.3 is 10.4 Å². The minimum atomic E-state index is -1.11. The van der Waals surface area contributed by atoms with Crippen molar-refractivity contribution < 1.29 is 14.7 Å². The first-order chi connectivity index (χ1) is 9.91. The summed E-state index contributed by atoms with van der Waals surface area (Å²) in [7, 11) is 0. The number of aromatic carboxylic acids is 1. The molecule has 0 unspecified atom stereocenters. The smallest absolute Gasteiger partial charge is 0.338 e. The van der Waals surface area contributed by atoms with Crippen LogP contribution in [0.1, 0.15) is 26.3 Å². The van der Waals surface area contributed by atoms with E-state index in [1.807, 2.05) is 0 Å². The molecule has 0 aliphatic rings. The van der Waals surface area contributed by atoms with Crippen LogP contribution in [0.4, 0.5) is 5.69 Å². The van der Waals surface area contributed by atoms with E-state index in [0.717, 1.165) is 0 Å². The zero-order chi connectivity index (χ0) is 15.6. The second-order valence-electron chi connectivity index (χ2n) is 4.36. The Labute approximate surface area is 131 Å². The monoisotopic (exact) mass is 323 g/mol. The summed E-state index contributed by atoms with van der Waals surface area (Å²) in [6.07, 6.45) is 0. The summed E-state index contributed by atoms with van der Waals surface area (Å²) in [5, 5.41) is 12.2. The van der Waals surface area contributed by atoms with E-state index in [9.17, 15) is 14.7 Å². The number of amides is 1. The number of aryl methyl sites for hydroxylation is 1. The van der Waals surface area contributed by atoms with Crippen LogP contribution in [-0.2, 0) is 0 Å². The van der Waals surface area contributed by atoms with Crippen molar-refractivity contribution >= 4 is 40.8 Å². The SMILES string of the molecule is Cc1cccc(NC(=O)c2cccc(Cl)c2Cl)c1C(=O)O. The lowest BCUT2D eigenvalue weighted by Gasteiger charge is -2.11. The molecule has 0 bridgehead atoms. The van der Waals surface area contributed by atoms with Crippen molar-refractivity contribution in [3.05, 3.63) is 63.1 Å². The Bertz CT molecular complexity index is 729. The van der Waals surface area contributed by atoms with Gasteiger partial charge in [0.15, 0.2) is 0 Å². The molecule has 4 nitrogen and oxygen atoms in total. The standard InChI is InChI=1S/C15H11Cl2NO3/c1-8-4-2-7-11(12(8)15(20)21)18-14(19)9-5-3-6-10(16)13(9)17/h2-7H,1H3,(H,18,19)(H,20,21). The van der Waals surface area contributed by atoms with Gasteiger partial charge in [-0.1, -0.05) is 41.4 Å². The normalized spacial score (nSPS) is 10.2. The fourth-order valence-electron chi connectivity index (χ4n) is 1.92. The van der Waals surface area contributed by atoms with Gasteiger partial charge in [-0.3, -0.25) is 4.79 Å². The molecule has 0 aromatic heterocycles. The summed E-state index contributed by atoms with van der Waals surface area (Å²) in [6, 6.07) is 9.52. The zero-order valence-electron chi connectivity index (χ0n) is 11.0. The summed E-state index contributed by atoms with van der Waals surface area (Å²) in [4.78, 5) is 23.5. The van der Waals surface area contributed by atoms with E-state index in [1.165, 1.54) is 12.1 Å². The number of carboxylic acid groups (broad SMARTS) is 1. The van der Waals surface area contributed by atoms with Crippen molar-refractivity contribution in [1.29, 1.82) is 0 Å². The minimum absolute atomic E-state index is 0.0454. The average molecular weight is 324 g/mol. The zero-order valence-corrected chi connectivity index (χ0v) is 12.5. The molecule has 2 aromatic carbocycles. The van der Waals surface area contributed by atoms with Gasteiger partial charge in [0.25, 0.3) is 5.91 Å². The van der Waals surface area contributed by atoms with Gasteiger partial charge in [-0.15, -0.1) is 0 Å². The number of rotatable bonds is 3. The molecule has 6 heteroatoms. The van der Waals surface area contributed by atoms with Crippen LogP contribution in [0.5, 0.6) is 0 Å². The first-order valence-electron chi connectivity index (χ1n) is 6.00. The molecule has 0 fully saturated rings. The van der Waals surface area contributed by atoms with Crippen LogP contribution in [0.15, 0.2) is 36.4 Å². The molecule has 0 aliphatic heterocycles. The summed E-state index contributed by atoms with van der Waals surface area (Å²) in [5.41, 5.74) is 0.993. The van der Waals surface area contributed by atoms with E-state index in [0.29, 0.717) is 5.56 Å². The maximum Gasteiger partial charge on any atom is 0.338 e. The third-order valence-corrected chi connectivity index (χ3v) is 3.75. The molecule has 0 radical (unpaired) electrons. The number of carbonyl (C=O) groups is 2. The predicted molar refractivity (Wildman–Crippen MR) is 82.6 cm³/mol. The van der Waals surface area contributed by atoms with Gasteiger partial charge in [0.1, 0.15) is 0 Å². The summed E-state index contributed by atoms with van der Waals surface area (Å²) in [6.45, 7) is 1.66. The van der Waals surface area contributed by atoms with Crippen molar-refractivity contribution in [3.63, 3.8) is 0 Å². The number of anilines is 1. The molecule has 0 heterocycles. The molecule has 21 heavy (non-hydrogen) atoms. The van der Waals surface area contributed by atoms with Crippen LogP contribution >= 0.6 is 23.2 Å². The predicted octanol–water partition coefficient (Wildman–Crippen LogP) is 4.25. The van der Waals surface area contributed by atoms with Crippen molar-refractivity contribution in [1.82, 2.24) is 0 Å². The second kappa shape index (κ2) is 6.16. The number of hydrogen-bond acceptors (Lipinski definition) is 2. The van der Waals surface area contributed by atoms with Crippen LogP contribution in [-0.4, -0.2) is 17.0 Å². The molecule has 2 N–H and O–H groups in total. The van der Waals surface area contributed by atoms with E-state index in [-0.39, 0.29) is 26.9 Å². The molecule has 0 atom stereocenters. The Morgan fingerprint density at radius 1 is 1.10 bits per heavy atom. The molecule has 0 aliphatic carbocycles. The largest absolute Gasteiger partial charge is 0.478 e. The van der Waals surface area contributed by atoms with Gasteiger partial charge in [-0.2, -0.15) is 0 Å². The number of halogens is 2. The van der Waals surface area contributed by atoms with Crippen molar-refractivity contribution in [2.75, 3.05) is 5.32 Å². The Hall–Kier alpha value is -2.04. The summed E-state index contributed by atoms with van der Waals surface area (Å²) in [5.74, 6) is -1.63. The number of carbonyl (C=O) groups excluding carboxylic acids is 1. The van der Waals surface area contributed by atoms with Crippen LogP contribution < -0.4 is 5.32 Å². The lowest BCUT2D eigenvalue weighted by molar-refractivity contribution is 0.0697. The van der Waals surface area contributed by atoms with Gasteiger partial charge in [0, 0.05) is 0 Å². The van der Waals surface area contributed by atoms with Crippen LogP contribution in [0.3, 0.4) is 0 Å². The van der Waals surface area contributed by atoms with E-state index in [4.69, 9.17) is 23.2 Å². The molecular formula is C15H11Cl2NO3. The Morgan fingerprint density at radius 2 is 1.76 bits per heavy atom. The third-order valence-electron chi connectivity index (χ3n) is 2.93. The van der Waals surface area contributed by atoms with E-state index in [2.05, 4.69) is 5.32 Å². The quantitative estimate of drug-likeness (QED) is 0.887. The van der Waals surface area contributed by atoms with E-state index >= 15 is 0 Å².